The topological polar surface area (TPSA) is 20.3 Å². The second kappa shape index (κ2) is 6.40. The Hall–Kier alpha value is -0.370. The number of piperidine rings is 1. The molecule has 0 aromatic rings. The van der Waals surface area contributed by atoms with Crippen molar-refractivity contribution in [2.45, 2.75) is 83.6 Å². The van der Waals surface area contributed by atoms with Crippen LogP contribution in [0.2, 0.25) is 0 Å². The lowest BCUT2D eigenvalue weighted by molar-refractivity contribution is -0.138. The lowest BCUT2D eigenvalue weighted by Crippen LogP contribution is -2.57. The van der Waals surface area contributed by atoms with Crippen LogP contribution in [0, 0.1) is 17.8 Å². The lowest BCUT2D eigenvalue weighted by Gasteiger charge is -2.45. The summed E-state index contributed by atoms with van der Waals surface area (Å²) < 4.78 is 0. The van der Waals surface area contributed by atoms with Crippen LogP contribution in [-0.2, 0) is 4.79 Å². The molecule has 1 saturated heterocycles. The van der Waals surface area contributed by atoms with Gasteiger partial charge in [0.2, 0.25) is 0 Å². The molecule has 2 heteroatoms. The molecule has 3 rings (SSSR count). The number of carbonyl (C=O) groups is 1. The van der Waals surface area contributed by atoms with E-state index >= 15 is 0 Å². The van der Waals surface area contributed by atoms with E-state index in [1.807, 2.05) is 0 Å². The Kier molecular flexibility index (Phi) is 4.73. The maximum absolute atomic E-state index is 13.4. The van der Waals surface area contributed by atoms with E-state index < -0.39 is 0 Å². The van der Waals surface area contributed by atoms with Gasteiger partial charge in [-0.3, -0.25) is 9.69 Å². The molecule has 2 saturated carbocycles. The van der Waals surface area contributed by atoms with Gasteiger partial charge in [0, 0.05) is 5.92 Å². The van der Waals surface area contributed by atoms with Gasteiger partial charge in [-0.05, 0) is 69.9 Å². The van der Waals surface area contributed by atoms with Crippen molar-refractivity contribution < 1.29 is 4.79 Å². The third-order valence-corrected chi connectivity index (χ3v) is 6.82. The number of likely N-dealkylation sites (tertiary alicyclic amines) is 1. The predicted octanol–water partition coefficient (Wildman–Crippen LogP) is 4.43. The molecule has 1 aliphatic heterocycles. The first-order valence-corrected chi connectivity index (χ1v) is 9.43. The van der Waals surface area contributed by atoms with Crippen molar-refractivity contribution >= 4 is 5.78 Å². The largest absolute Gasteiger partial charge is 0.297 e. The van der Waals surface area contributed by atoms with Crippen LogP contribution in [0.25, 0.3) is 0 Å². The second-order valence-electron chi connectivity index (χ2n) is 8.12. The number of hydrogen-bond donors (Lipinski definition) is 0. The van der Waals surface area contributed by atoms with Gasteiger partial charge in [0.15, 0.2) is 5.78 Å². The Bertz CT molecular complexity index is 366. The molecular formula is C19H33NO. The van der Waals surface area contributed by atoms with E-state index in [0.717, 1.165) is 37.5 Å². The highest BCUT2D eigenvalue weighted by Gasteiger charge is 2.48. The predicted molar refractivity (Wildman–Crippen MR) is 87.3 cm³/mol. The van der Waals surface area contributed by atoms with Crippen molar-refractivity contribution in [2.24, 2.45) is 17.8 Å². The first kappa shape index (κ1) is 15.5. The zero-order chi connectivity index (χ0) is 14.9. The maximum atomic E-state index is 13.4. The van der Waals surface area contributed by atoms with E-state index in [9.17, 15) is 4.79 Å². The highest BCUT2D eigenvalue weighted by Crippen LogP contribution is 2.43. The molecule has 0 spiro atoms. The number of ketones is 1. The third-order valence-electron chi connectivity index (χ3n) is 6.82. The molecule has 120 valence electrons. The minimum Gasteiger partial charge on any atom is -0.297 e. The highest BCUT2D eigenvalue weighted by atomic mass is 16.1. The molecule has 0 amide bonds. The van der Waals surface area contributed by atoms with Crippen LogP contribution in [0.5, 0.6) is 0 Å². The Labute approximate surface area is 130 Å². The lowest BCUT2D eigenvalue weighted by atomic mass is 9.70. The van der Waals surface area contributed by atoms with Crippen LogP contribution >= 0.6 is 0 Å². The molecule has 3 atom stereocenters. The fourth-order valence-corrected chi connectivity index (χ4v) is 5.17. The van der Waals surface area contributed by atoms with Crippen molar-refractivity contribution in [1.82, 2.24) is 4.90 Å². The van der Waals surface area contributed by atoms with E-state index in [1.54, 1.807) is 0 Å². The molecular weight excluding hydrogens is 258 g/mol. The van der Waals surface area contributed by atoms with Gasteiger partial charge in [0.05, 0.1) is 5.54 Å². The van der Waals surface area contributed by atoms with Crippen LogP contribution in [0.1, 0.15) is 78.1 Å². The molecule has 2 aliphatic carbocycles. The van der Waals surface area contributed by atoms with Crippen molar-refractivity contribution in [3.8, 4) is 0 Å². The average Bonchev–Trinajstić information content (AvgIpc) is 3.01. The molecule has 0 aromatic carbocycles. The Morgan fingerprint density at radius 3 is 2.19 bits per heavy atom. The van der Waals surface area contributed by atoms with Crippen LogP contribution in [0.3, 0.4) is 0 Å². The number of Topliss-reactive ketones (excluding diaryl/α,β-unsaturated/α-hetero) is 1. The van der Waals surface area contributed by atoms with E-state index in [0.29, 0.717) is 11.7 Å². The smallest absolute Gasteiger partial charge is 0.156 e. The maximum Gasteiger partial charge on any atom is 0.156 e. The Balaban J connectivity index is 1.75. The minimum atomic E-state index is -0.0502. The van der Waals surface area contributed by atoms with Gasteiger partial charge in [-0.1, -0.05) is 33.1 Å². The monoisotopic (exact) mass is 291 g/mol. The molecule has 0 aromatic heterocycles. The molecule has 0 radical (unpaired) electrons. The Morgan fingerprint density at radius 1 is 0.905 bits per heavy atom. The first-order chi connectivity index (χ1) is 10.1. The Morgan fingerprint density at radius 2 is 1.57 bits per heavy atom. The zero-order valence-electron chi connectivity index (χ0n) is 14.1. The molecule has 21 heavy (non-hydrogen) atoms. The fourth-order valence-electron chi connectivity index (χ4n) is 5.17. The quantitative estimate of drug-likeness (QED) is 0.767. The van der Waals surface area contributed by atoms with Crippen molar-refractivity contribution in [2.75, 3.05) is 13.1 Å². The van der Waals surface area contributed by atoms with Crippen molar-refractivity contribution in [3.05, 3.63) is 0 Å². The fraction of sp³-hybridized carbons (Fsp3) is 0.947. The van der Waals surface area contributed by atoms with Crippen molar-refractivity contribution in [1.29, 1.82) is 0 Å². The second-order valence-corrected chi connectivity index (χ2v) is 8.12. The summed E-state index contributed by atoms with van der Waals surface area (Å²) in [4.78, 5) is 16.0. The van der Waals surface area contributed by atoms with Gasteiger partial charge < -0.3 is 0 Å². The summed E-state index contributed by atoms with van der Waals surface area (Å²) >= 11 is 0. The van der Waals surface area contributed by atoms with Gasteiger partial charge in [-0.2, -0.15) is 0 Å². The van der Waals surface area contributed by atoms with E-state index in [4.69, 9.17) is 0 Å². The summed E-state index contributed by atoms with van der Waals surface area (Å²) in [5, 5.41) is 0. The van der Waals surface area contributed by atoms with Crippen LogP contribution < -0.4 is 0 Å². The summed E-state index contributed by atoms with van der Waals surface area (Å²) in [6.45, 7) is 7.06. The third kappa shape index (κ3) is 2.93. The first-order valence-electron chi connectivity index (χ1n) is 9.43. The van der Waals surface area contributed by atoms with Gasteiger partial charge in [0.1, 0.15) is 0 Å². The SMILES string of the molecule is CC1CCC(C(=O)C2(N3CCCCC3)CCCC2)CC1C. The van der Waals surface area contributed by atoms with Crippen LogP contribution in [-0.4, -0.2) is 29.3 Å². The van der Waals surface area contributed by atoms with Crippen molar-refractivity contribution in [3.63, 3.8) is 0 Å². The van der Waals surface area contributed by atoms with Crippen LogP contribution in [0.15, 0.2) is 0 Å². The minimum absolute atomic E-state index is 0.0502. The molecule has 3 aliphatic rings. The van der Waals surface area contributed by atoms with Gasteiger partial charge in [-0.25, -0.2) is 0 Å². The van der Waals surface area contributed by atoms with Gasteiger partial charge in [-0.15, -0.1) is 0 Å². The number of hydrogen-bond acceptors (Lipinski definition) is 2. The molecule has 0 N–H and O–H groups in total. The average molecular weight is 291 g/mol. The normalized spacial score (nSPS) is 37.5. The van der Waals surface area contributed by atoms with Gasteiger partial charge in [0.25, 0.3) is 0 Å². The highest BCUT2D eigenvalue weighted by molar-refractivity contribution is 5.91. The number of nitrogens with zero attached hydrogens (tertiary/aromatic N) is 1. The number of rotatable bonds is 3. The molecule has 0 bridgehead atoms. The zero-order valence-corrected chi connectivity index (χ0v) is 14.1. The van der Waals surface area contributed by atoms with Crippen LogP contribution in [0.4, 0.5) is 0 Å². The summed E-state index contributed by atoms with van der Waals surface area (Å²) in [5.41, 5.74) is -0.0502. The van der Waals surface area contributed by atoms with Gasteiger partial charge >= 0.3 is 0 Å². The summed E-state index contributed by atoms with van der Waals surface area (Å²) in [7, 11) is 0. The summed E-state index contributed by atoms with van der Waals surface area (Å²) in [6, 6.07) is 0. The summed E-state index contributed by atoms with van der Waals surface area (Å²) in [5.74, 6) is 2.54. The molecule has 1 heterocycles. The number of carbonyl (C=O) groups excluding carboxylic acids is 1. The van der Waals surface area contributed by atoms with E-state index in [1.165, 1.54) is 51.6 Å². The molecule has 3 fully saturated rings. The summed E-state index contributed by atoms with van der Waals surface area (Å²) in [6.07, 6.45) is 12.3. The standard InChI is InChI=1S/C19H33NO/c1-15-8-9-17(14-16(15)2)18(21)19(10-4-5-11-19)20-12-6-3-7-13-20/h15-17H,3-14H2,1-2H3. The molecule has 3 unspecified atom stereocenters. The molecule has 2 nitrogen and oxygen atoms in total. The van der Waals surface area contributed by atoms with E-state index in [2.05, 4.69) is 18.7 Å². The van der Waals surface area contributed by atoms with E-state index in [-0.39, 0.29) is 5.54 Å².